The van der Waals surface area contributed by atoms with Crippen LogP contribution in [0.25, 0.3) is 0 Å². The third-order valence-corrected chi connectivity index (χ3v) is 7.59. The van der Waals surface area contributed by atoms with Crippen molar-refractivity contribution in [3.8, 4) is 0 Å². The van der Waals surface area contributed by atoms with E-state index in [0.29, 0.717) is 30.9 Å². The SMILES string of the molecule is CCOC(=O)c1ccc(CCCC2SCC(=O)N2CCC2(O)CCCCCC2)cc1. The monoisotopic (exact) mass is 433 g/mol. The predicted octanol–water partition coefficient (Wildman–Crippen LogP) is 4.56. The van der Waals surface area contributed by atoms with Crippen molar-refractivity contribution in [2.75, 3.05) is 18.9 Å². The maximum Gasteiger partial charge on any atom is 0.338 e. The average Bonchev–Trinajstić information content (AvgIpc) is 2.94. The third kappa shape index (κ3) is 6.48. The summed E-state index contributed by atoms with van der Waals surface area (Å²) in [5.41, 5.74) is 1.19. The Balaban J connectivity index is 1.46. The number of rotatable bonds is 9. The highest BCUT2D eigenvalue weighted by atomic mass is 32.2. The van der Waals surface area contributed by atoms with Crippen molar-refractivity contribution in [1.82, 2.24) is 4.90 Å². The van der Waals surface area contributed by atoms with Gasteiger partial charge in [-0.15, -0.1) is 11.8 Å². The van der Waals surface area contributed by atoms with Crippen LogP contribution in [0, 0.1) is 0 Å². The summed E-state index contributed by atoms with van der Waals surface area (Å²) in [5, 5.41) is 11.1. The first-order valence-electron chi connectivity index (χ1n) is 11.4. The van der Waals surface area contributed by atoms with Crippen LogP contribution in [0.4, 0.5) is 0 Å². The molecule has 2 aliphatic rings. The number of aryl methyl sites for hydroxylation is 1. The number of nitrogens with zero attached hydrogens (tertiary/aromatic N) is 1. The molecule has 1 aliphatic heterocycles. The average molecular weight is 434 g/mol. The number of hydrogen-bond acceptors (Lipinski definition) is 5. The smallest absolute Gasteiger partial charge is 0.338 e. The number of amides is 1. The highest BCUT2D eigenvalue weighted by Gasteiger charge is 2.34. The molecule has 3 rings (SSSR count). The number of ether oxygens (including phenoxy) is 1. The van der Waals surface area contributed by atoms with E-state index in [-0.39, 0.29) is 17.3 Å². The minimum atomic E-state index is -0.588. The minimum Gasteiger partial charge on any atom is -0.462 e. The second kappa shape index (κ2) is 11.2. The van der Waals surface area contributed by atoms with Crippen LogP contribution in [0.15, 0.2) is 24.3 Å². The van der Waals surface area contributed by atoms with Crippen molar-refractivity contribution in [1.29, 1.82) is 0 Å². The second-order valence-corrected chi connectivity index (χ2v) is 9.72. The van der Waals surface area contributed by atoms with Crippen molar-refractivity contribution in [3.63, 3.8) is 0 Å². The molecule has 2 fully saturated rings. The number of carbonyl (C=O) groups excluding carboxylic acids is 2. The van der Waals surface area contributed by atoms with Gasteiger partial charge < -0.3 is 14.7 Å². The summed E-state index contributed by atoms with van der Waals surface area (Å²) < 4.78 is 5.02. The number of aliphatic hydroxyl groups is 1. The first kappa shape index (κ1) is 23.1. The molecule has 1 saturated carbocycles. The van der Waals surface area contributed by atoms with E-state index in [1.165, 1.54) is 18.4 Å². The molecule has 0 radical (unpaired) electrons. The van der Waals surface area contributed by atoms with Gasteiger partial charge >= 0.3 is 5.97 Å². The Labute approximate surface area is 184 Å². The van der Waals surface area contributed by atoms with Gasteiger partial charge in [0, 0.05) is 6.54 Å². The van der Waals surface area contributed by atoms with Crippen molar-refractivity contribution in [2.45, 2.75) is 82.1 Å². The summed E-state index contributed by atoms with van der Waals surface area (Å²) in [4.78, 5) is 26.1. The lowest BCUT2D eigenvalue weighted by atomic mass is 9.90. The van der Waals surface area contributed by atoms with E-state index in [9.17, 15) is 14.7 Å². The molecule has 1 unspecified atom stereocenters. The largest absolute Gasteiger partial charge is 0.462 e. The second-order valence-electron chi connectivity index (χ2n) is 8.55. The molecule has 0 bridgehead atoms. The molecule has 5 nitrogen and oxygen atoms in total. The molecule has 1 aliphatic carbocycles. The summed E-state index contributed by atoms with van der Waals surface area (Å²) in [5.74, 6) is 0.481. The van der Waals surface area contributed by atoms with Gasteiger partial charge in [0.05, 0.1) is 28.9 Å². The zero-order chi connectivity index (χ0) is 21.4. The zero-order valence-corrected chi connectivity index (χ0v) is 18.9. The van der Waals surface area contributed by atoms with Gasteiger partial charge in [0.1, 0.15) is 0 Å². The molecule has 1 aromatic carbocycles. The van der Waals surface area contributed by atoms with E-state index in [1.54, 1.807) is 18.7 Å². The van der Waals surface area contributed by atoms with Gasteiger partial charge in [-0.3, -0.25) is 4.79 Å². The summed E-state index contributed by atoms with van der Waals surface area (Å²) in [7, 11) is 0. The fraction of sp³-hybridized carbons (Fsp3) is 0.667. The van der Waals surface area contributed by atoms with E-state index in [4.69, 9.17) is 4.74 Å². The molecule has 1 amide bonds. The van der Waals surface area contributed by atoms with Crippen LogP contribution in [0.1, 0.15) is 80.6 Å². The maximum atomic E-state index is 12.4. The fourth-order valence-corrected chi connectivity index (χ4v) is 5.71. The van der Waals surface area contributed by atoms with Crippen LogP contribution in [0.2, 0.25) is 0 Å². The van der Waals surface area contributed by atoms with Crippen LogP contribution in [-0.4, -0.2) is 51.8 Å². The van der Waals surface area contributed by atoms with Gasteiger partial charge in [0.2, 0.25) is 5.91 Å². The molecule has 1 heterocycles. The Bertz CT molecular complexity index is 698. The molecular formula is C24H35NO4S. The van der Waals surface area contributed by atoms with E-state index in [1.807, 2.05) is 29.2 Å². The van der Waals surface area contributed by atoms with Crippen molar-refractivity contribution >= 4 is 23.6 Å². The normalized spacial score (nSPS) is 21.5. The van der Waals surface area contributed by atoms with Crippen molar-refractivity contribution < 1.29 is 19.4 Å². The quantitative estimate of drug-likeness (QED) is 0.457. The number of esters is 1. The Morgan fingerprint density at radius 3 is 2.57 bits per heavy atom. The van der Waals surface area contributed by atoms with Gasteiger partial charge in [0.15, 0.2) is 0 Å². The van der Waals surface area contributed by atoms with Crippen LogP contribution in [0.3, 0.4) is 0 Å². The van der Waals surface area contributed by atoms with Crippen LogP contribution in [-0.2, 0) is 16.0 Å². The van der Waals surface area contributed by atoms with Crippen LogP contribution in [0.5, 0.6) is 0 Å². The lowest BCUT2D eigenvalue weighted by Crippen LogP contribution is -2.39. The standard InChI is InChI=1S/C24H35NO4S/c1-2-29-23(27)20-12-10-19(11-13-20)8-7-9-22-25(21(26)18-30-22)17-16-24(28)14-5-3-4-6-15-24/h10-13,22,28H,2-9,14-18H2,1H3. The zero-order valence-electron chi connectivity index (χ0n) is 18.1. The molecule has 6 heteroatoms. The van der Waals surface area contributed by atoms with Crippen LogP contribution < -0.4 is 0 Å². The summed E-state index contributed by atoms with van der Waals surface area (Å²) in [6.45, 7) is 2.85. The highest BCUT2D eigenvalue weighted by molar-refractivity contribution is 8.00. The molecular weight excluding hydrogens is 398 g/mol. The maximum absolute atomic E-state index is 12.4. The molecule has 1 atom stereocenters. The van der Waals surface area contributed by atoms with Gasteiger partial charge in [-0.05, 0) is 63.1 Å². The highest BCUT2D eigenvalue weighted by Crippen LogP contribution is 2.33. The third-order valence-electron chi connectivity index (χ3n) is 6.30. The van der Waals surface area contributed by atoms with Gasteiger partial charge in [-0.1, -0.05) is 37.8 Å². The number of thioether (sulfide) groups is 1. The number of hydrogen-bond donors (Lipinski definition) is 1. The first-order chi connectivity index (χ1) is 14.5. The van der Waals surface area contributed by atoms with Crippen molar-refractivity contribution in [2.24, 2.45) is 0 Å². The topological polar surface area (TPSA) is 66.8 Å². The molecule has 0 aromatic heterocycles. The minimum absolute atomic E-state index is 0.209. The summed E-state index contributed by atoms with van der Waals surface area (Å²) in [6.07, 6.45) is 9.92. The van der Waals surface area contributed by atoms with E-state index >= 15 is 0 Å². The molecule has 1 saturated heterocycles. The lowest BCUT2D eigenvalue weighted by Gasteiger charge is -2.31. The number of benzene rings is 1. The summed E-state index contributed by atoms with van der Waals surface area (Å²) in [6, 6.07) is 7.61. The Morgan fingerprint density at radius 1 is 1.20 bits per heavy atom. The fourth-order valence-electron chi connectivity index (χ4n) is 4.48. The Hall–Kier alpha value is -1.53. The van der Waals surface area contributed by atoms with Crippen molar-refractivity contribution in [3.05, 3.63) is 35.4 Å². The summed E-state index contributed by atoms with van der Waals surface area (Å²) >= 11 is 1.73. The van der Waals surface area contributed by atoms with Gasteiger partial charge in [0.25, 0.3) is 0 Å². The van der Waals surface area contributed by atoms with Crippen LogP contribution >= 0.6 is 11.8 Å². The Morgan fingerprint density at radius 2 is 1.90 bits per heavy atom. The van der Waals surface area contributed by atoms with E-state index in [0.717, 1.165) is 44.9 Å². The molecule has 1 N–H and O–H groups in total. The molecule has 1 aromatic rings. The first-order valence-corrected chi connectivity index (χ1v) is 12.5. The van der Waals surface area contributed by atoms with E-state index in [2.05, 4.69) is 0 Å². The molecule has 30 heavy (non-hydrogen) atoms. The van der Waals surface area contributed by atoms with E-state index < -0.39 is 5.60 Å². The molecule has 0 spiro atoms. The Kier molecular flexibility index (Phi) is 8.63. The predicted molar refractivity (Wildman–Crippen MR) is 121 cm³/mol. The molecule has 166 valence electrons. The number of carbonyl (C=O) groups is 2. The van der Waals surface area contributed by atoms with Gasteiger partial charge in [-0.2, -0.15) is 0 Å². The lowest BCUT2D eigenvalue weighted by molar-refractivity contribution is -0.128. The van der Waals surface area contributed by atoms with Gasteiger partial charge in [-0.25, -0.2) is 4.79 Å².